The van der Waals surface area contributed by atoms with E-state index in [1.54, 1.807) is 0 Å². The van der Waals surface area contributed by atoms with Crippen molar-refractivity contribution in [3.8, 4) is 0 Å². The molecule has 0 aromatic carbocycles. The van der Waals surface area contributed by atoms with E-state index in [9.17, 15) is 4.79 Å². The van der Waals surface area contributed by atoms with Crippen LogP contribution in [0.2, 0.25) is 0 Å². The van der Waals surface area contributed by atoms with Gasteiger partial charge in [-0.05, 0) is 58.3 Å². The van der Waals surface area contributed by atoms with Gasteiger partial charge in [-0.25, -0.2) is 0 Å². The molecule has 17 heavy (non-hydrogen) atoms. The van der Waals surface area contributed by atoms with Crippen LogP contribution in [-0.2, 0) is 4.79 Å². The summed E-state index contributed by atoms with van der Waals surface area (Å²) in [7, 11) is 0. The van der Waals surface area contributed by atoms with Crippen molar-refractivity contribution >= 4 is 5.91 Å². The number of amides is 1. The Morgan fingerprint density at radius 2 is 2.06 bits per heavy atom. The van der Waals surface area contributed by atoms with Crippen LogP contribution < -0.4 is 11.1 Å². The Morgan fingerprint density at radius 3 is 2.65 bits per heavy atom. The molecule has 0 bridgehead atoms. The standard InChI is InChI=1S/C13H27N3O/c1-2-8-15-12-6-10-16(11-7-12)9-4-3-5-13(14)17/h12,15H,2-11H2,1H3,(H2,14,17). The molecule has 1 rings (SSSR count). The first kappa shape index (κ1) is 14.5. The molecule has 100 valence electrons. The van der Waals surface area contributed by atoms with Gasteiger partial charge < -0.3 is 16.0 Å². The molecule has 1 saturated heterocycles. The Bertz CT molecular complexity index is 213. The second-order valence-electron chi connectivity index (χ2n) is 4.99. The fraction of sp³-hybridized carbons (Fsp3) is 0.923. The number of hydrogen-bond acceptors (Lipinski definition) is 3. The molecule has 3 N–H and O–H groups in total. The number of hydrogen-bond donors (Lipinski definition) is 2. The highest BCUT2D eigenvalue weighted by atomic mass is 16.1. The quantitative estimate of drug-likeness (QED) is 0.626. The maximum absolute atomic E-state index is 10.6. The van der Waals surface area contributed by atoms with E-state index in [1.807, 2.05) is 0 Å². The van der Waals surface area contributed by atoms with E-state index in [0.29, 0.717) is 6.42 Å². The first-order valence-electron chi connectivity index (χ1n) is 6.96. The molecule has 0 aromatic rings. The third kappa shape index (κ3) is 6.64. The molecule has 0 radical (unpaired) electrons. The van der Waals surface area contributed by atoms with Crippen molar-refractivity contribution in [1.82, 2.24) is 10.2 Å². The number of carbonyl (C=O) groups excluding carboxylic acids is 1. The molecule has 1 amide bonds. The summed E-state index contributed by atoms with van der Waals surface area (Å²) in [5, 5.41) is 3.59. The lowest BCUT2D eigenvalue weighted by molar-refractivity contribution is -0.118. The van der Waals surface area contributed by atoms with Crippen molar-refractivity contribution in [3.05, 3.63) is 0 Å². The molecule has 0 atom stereocenters. The lowest BCUT2D eigenvalue weighted by atomic mass is 10.0. The van der Waals surface area contributed by atoms with Gasteiger partial charge in [0.05, 0.1) is 0 Å². The first-order valence-corrected chi connectivity index (χ1v) is 6.96. The number of rotatable bonds is 8. The summed E-state index contributed by atoms with van der Waals surface area (Å²) in [5.74, 6) is -0.174. The van der Waals surface area contributed by atoms with Crippen LogP contribution in [0, 0.1) is 0 Å². The highest BCUT2D eigenvalue weighted by molar-refractivity contribution is 5.73. The normalized spacial score (nSPS) is 18.4. The number of nitrogens with zero attached hydrogens (tertiary/aromatic N) is 1. The predicted octanol–water partition coefficient (Wildman–Crippen LogP) is 1.11. The van der Waals surface area contributed by atoms with Gasteiger partial charge in [0, 0.05) is 12.5 Å². The number of unbranched alkanes of at least 4 members (excludes halogenated alkanes) is 1. The Balaban J connectivity index is 2.01. The van der Waals surface area contributed by atoms with Gasteiger partial charge in [-0.15, -0.1) is 0 Å². The van der Waals surface area contributed by atoms with Gasteiger partial charge in [0.25, 0.3) is 0 Å². The van der Waals surface area contributed by atoms with Gasteiger partial charge in [0.15, 0.2) is 0 Å². The SMILES string of the molecule is CCCNC1CCN(CCCCC(N)=O)CC1. The Hall–Kier alpha value is -0.610. The summed E-state index contributed by atoms with van der Waals surface area (Å²) >= 11 is 0. The minimum absolute atomic E-state index is 0.174. The molecular formula is C13H27N3O. The van der Waals surface area contributed by atoms with Gasteiger partial charge in [-0.3, -0.25) is 4.79 Å². The van der Waals surface area contributed by atoms with Crippen molar-refractivity contribution in [2.24, 2.45) is 5.73 Å². The fourth-order valence-electron chi connectivity index (χ4n) is 2.34. The highest BCUT2D eigenvalue weighted by Crippen LogP contribution is 2.11. The summed E-state index contributed by atoms with van der Waals surface area (Å²) in [6.07, 6.45) is 6.30. The minimum Gasteiger partial charge on any atom is -0.370 e. The van der Waals surface area contributed by atoms with Gasteiger partial charge >= 0.3 is 0 Å². The Kier molecular flexibility index (Phi) is 7.21. The maximum Gasteiger partial charge on any atom is 0.217 e. The van der Waals surface area contributed by atoms with Crippen molar-refractivity contribution < 1.29 is 4.79 Å². The van der Waals surface area contributed by atoms with Crippen LogP contribution in [0.15, 0.2) is 0 Å². The molecule has 0 saturated carbocycles. The smallest absolute Gasteiger partial charge is 0.217 e. The van der Waals surface area contributed by atoms with E-state index in [-0.39, 0.29) is 5.91 Å². The topological polar surface area (TPSA) is 58.4 Å². The van der Waals surface area contributed by atoms with Gasteiger partial charge in [0.1, 0.15) is 0 Å². The molecule has 1 aliphatic rings. The number of primary amides is 1. The average molecular weight is 241 g/mol. The molecular weight excluding hydrogens is 214 g/mol. The molecule has 4 heteroatoms. The van der Waals surface area contributed by atoms with Crippen molar-refractivity contribution in [2.75, 3.05) is 26.2 Å². The summed E-state index contributed by atoms with van der Waals surface area (Å²) < 4.78 is 0. The van der Waals surface area contributed by atoms with E-state index in [4.69, 9.17) is 5.73 Å². The van der Waals surface area contributed by atoms with Crippen molar-refractivity contribution in [2.45, 2.75) is 51.5 Å². The van der Waals surface area contributed by atoms with Crippen LogP contribution >= 0.6 is 0 Å². The zero-order valence-corrected chi connectivity index (χ0v) is 11.1. The van der Waals surface area contributed by atoms with E-state index in [2.05, 4.69) is 17.1 Å². The first-order chi connectivity index (χ1) is 8.22. The van der Waals surface area contributed by atoms with E-state index in [1.165, 1.54) is 32.4 Å². The van der Waals surface area contributed by atoms with Crippen molar-refractivity contribution in [3.63, 3.8) is 0 Å². The molecule has 0 aliphatic carbocycles. The largest absolute Gasteiger partial charge is 0.370 e. The summed E-state index contributed by atoms with van der Waals surface area (Å²) in [6, 6.07) is 0.719. The fourth-order valence-corrected chi connectivity index (χ4v) is 2.34. The minimum atomic E-state index is -0.174. The number of carbonyl (C=O) groups is 1. The molecule has 0 unspecified atom stereocenters. The number of nitrogens with two attached hydrogens (primary N) is 1. The highest BCUT2D eigenvalue weighted by Gasteiger charge is 2.17. The maximum atomic E-state index is 10.6. The summed E-state index contributed by atoms with van der Waals surface area (Å²) in [4.78, 5) is 13.1. The van der Waals surface area contributed by atoms with Crippen LogP contribution in [0.5, 0.6) is 0 Å². The molecule has 0 aromatic heterocycles. The third-order valence-corrected chi connectivity index (χ3v) is 3.42. The van der Waals surface area contributed by atoms with Crippen LogP contribution in [0.4, 0.5) is 0 Å². The average Bonchev–Trinajstić information content (AvgIpc) is 2.33. The van der Waals surface area contributed by atoms with Crippen LogP contribution in [0.25, 0.3) is 0 Å². The second kappa shape index (κ2) is 8.48. The van der Waals surface area contributed by atoms with Gasteiger partial charge in [-0.2, -0.15) is 0 Å². The van der Waals surface area contributed by atoms with Gasteiger partial charge in [0.2, 0.25) is 5.91 Å². The number of likely N-dealkylation sites (tertiary alicyclic amines) is 1. The van der Waals surface area contributed by atoms with Crippen molar-refractivity contribution in [1.29, 1.82) is 0 Å². The zero-order chi connectivity index (χ0) is 12.5. The van der Waals surface area contributed by atoms with Crippen LogP contribution in [0.3, 0.4) is 0 Å². The Morgan fingerprint density at radius 1 is 1.35 bits per heavy atom. The lowest BCUT2D eigenvalue weighted by Gasteiger charge is -2.32. The van der Waals surface area contributed by atoms with E-state index in [0.717, 1.165) is 32.0 Å². The van der Waals surface area contributed by atoms with Crippen LogP contribution in [-0.4, -0.2) is 43.0 Å². The molecule has 1 heterocycles. The Labute approximate surface area is 105 Å². The van der Waals surface area contributed by atoms with Gasteiger partial charge in [-0.1, -0.05) is 6.92 Å². The second-order valence-corrected chi connectivity index (χ2v) is 4.99. The van der Waals surface area contributed by atoms with E-state index >= 15 is 0 Å². The van der Waals surface area contributed by atoms with E-state index < -0.39 is 0 Å². The number of nitrogens with one attached hydrogen (secondary N) is 1. The predicted molar refractivity (Wildman–Crippen MR) is 70.8 cm³/mol. The van der Waals surface area contributed by atoms with Crippen LogP contribution in [0.1, 0.15) is 45.4 Å². The molecule has 1 aliphatic heterocycles. The summed E-state index contributed by atoms with van der Waals surface area (Å²) in [5.41, 5.74) is 5.12. The molecule has 0 spiro atoms. The lowest BCUT2D eigenvalue weighted by Crippen LogP contribution is -2.42. The molecule has 1 fully saturated rings. The summed E-state index contributed by atoms with van der Waals surface area (Å²) in [6.45, 7) is 6.85. The number of piperidine rings is 1. The zero-order valence-electron chi connectivity index (χ0n) is 11.1. The monoisotopic (exact) mass is 241 g/mol. The molecule has 4 nitrogen and oxygen atoms in total. The third-order valence-electron chi connectivity index (χ3n) is 3.42.